The minimum atomic E-state index is -3.18. The Morgan fingerprint density at radius 2 is 1.70 bits per heavy atom. The predicted molar refractivity (Wildman–Crippen MR) is 231 cm³/mol. The molecule has 7 heterocycles. The Morgan fingerprint density at radius 3 is 2.43 bits per heavy atom. The van der Waals surface area contributed by atoms with E-state index in [0.29, 0.717) is 72.8 Å². The average Bonchev–Trinajstić information content (AvgIpc) is 4.08. The van der Waals surface area contributed by atoms with Crippen LogP contribution in [0, 0.1) is 29.0 Å². The van der Waals surface area contributed by atoms with Crippen LogP contribution < -0.4 is 36.0 Å². The SMILES string of the molecule is Cn1nc(C2CCC(=O)NC2=O)c2ccc(N3CCN(CC4CCN(c5nc(Nc6ccc7c(c6)c6c(c(=O)n7C)OCC(F)(F)[C@H](C7CC7)N6)c(F)cc5C#N)CC4)CC3)cc21. The van der Waals surface area contributed by atoms with E-state index < -0.39 is 35.9 Å². The maximum Gasteiger partial charge on any atom is 0.301 e. The highest BCUT2D eigenvalue weighted by Gasteiger charge is 2.51. The van der Waals surface area contributed by atoms with Crippen LogP contribution in [0.3, 0.4) is 0 Å². The van der Waals surface area contributed by atoms with Gasteiger partial charge in [0.15, 0.2) is 18.2 Å². The number of piperazine rings is 1. The lowest BCUT2D eigenvalue weighted by molar-refractivity contribution is -0.134. The van der Waals surface area contributed by atoms with Crippen molar-refractivity contribution in [2.75, 3.05) is 72.9 Å². The van der Waals surface area contributed by atoms with Crippen LogP contribution in [0.4, 0.5) is 41.9 Å². The molecule has 3 N–H and O–H groups in total. The summed E-state index contributed by atoms with van der Waals surface area (Å²) in [6, 6.07) is 13.4. The third-order valence-corrected chi connectivity index (χ3v) is 13.6. The Bertz CT molecular complexity index is 2770. The fourth-order valence-corrected chi connectivity index (χ4v) is 9.88. The monoisotopic (exact) mass is 863 g/mol. The number of piperidine rings is 2. The number of halogens is 3. The van der Waals surface area contributed by atoms with Crippen LogP contribution in [-0.4, -0.2) is 100 Å². The van der Waals surface area contributed by atoms with Gasteiger partial charge >= 0.3 is 5.92 Å². The van der Waals surface area contributed by atoms with E-state index in [1.54, 1.807) is 25.2 Å². The zero-order chi connectivity index (χ0) is 43.7. The summed E-state index contributed by atoms with van der Waals surface area (Å²) in [5.74, 6) is -4.54. The minimum Gasteiger partial charge on any atom is -0.480 e. The standard InChI is InChI=1S/C45H48F3N11O4/c1-55-34-9-5-28(20-32(34)38-39(44(55)62)63-24-45(47,48)40(52-38)26-3-4-26)50-41-33(46)19-27(22-49)42(53-41)59-13-11-25(12-14-59)23-57-15-17-58(18-16-57)29-6-7-30-35(21-29)56(2)54-37(30)31-8-10-36(60)51-43(31)61/h5-7,9,19-21,25-26,31,40,52H,3-4,8,10-18,23-24H2,1-2H3,(H,50,53)(H,51,60,61)/t31?,40-/m0/s1. The van der Waals surface area contributed by atoms with Crippen LogP contribution >= 0.6 is 0 Å². The second-order valence-electron chi connectivity index (χ2n) is 17.7. The van der Waals surface area contributed by atoms with Crippen LogP contribution in [0.2, 0.25) is 0 Å². The number of carbonyl (C=O) groups excluding carboxylic acids is 2. The molecule has 15 nitrogen and oxygen atoms in total. The summed E-state index contributed by atoms with van der Waals surface area (Å²) in [6.45, 7) is 4.88. The summed E-state index contributed by atoms with van der Waals surface area (Å²) in [5, 5.41) is 24.6. The number of alkyl halides is 2. The maximum absolute atomic E-state index is 15.6. The number of benzene rings is 2. The van der Waals surface area contributed by atoms with Gasteiger partial charge in [-0.25, -0.2) is 18.2 Å². The van der Waals surface area contributed by atoms with E-state index in [1.807, 2.05) is 22.7 Å². The molecule has 10 rings (SSSR count). The van der Waals surface area contributed by atoms with Gasteiger partial charge in [0, 0.05) is 88.5 Å². The zero-order valence-electron chi connectivity index (χ0n) is 35.1. The van der Waals surface area contributed by atoms with Crippen molar-refractivity contribution in [2.24, 2.45) is 25.9 Å². The Labute approximate surface area is 360 Å². The minimum absolute atomic E-state index is 0.0804. The lowest BCUT2D eigenvalue weighted by Crippen LogP contribution is -2.49. The van der Waals surface area contributed by atoms with Crippen molar-refractivity contribution in [3.63, 3.8) is 0 Å². The van der Waals surface area contributed by atoms with Crippen LogP contribution in [0.1, 0.15) is 55.7 Å². The molecule has 1 saturated carbocycles. The number of ether oxygens (including phenoxy) is 1. The van der Waals surface area contributed by atoms with Crippen molar-refractivity contribution >= 4 is 62.3 Å². The molecule has 2 aromatic carbocycles. The number of fused-ring (bicyclic) bond motifs is 4. The van der Waals surface area contributed by atoms with Crippen molar-refractivity contribution < 1.29 is 27.5 Å². The topological polar surface area (TPSA) is 166 Å². The van der Waals surface area contributed by atoms with E-state index >= 15 is 13.2 Å². The van der Waals surface area contributed by atoms with E-state index in [9.17, 15) is 19.6 Å². The van der Waals surface area contributed by atoms with Gasteiger partial charge < -0.3 is 29.7 Å². The van der Waals surface area contributed by atoms with E-state index in [-0.39, 0.29) is 40.6 Å². The molecule has 0 radical (unpaired) electrons. The third kappa shape index (κ3) is 7.55. The van der Waals surface area contributed by atoms with Crippen molar-refractivity contribution in [3.8, 4) is 11.8 Å². The van der Waals surface area contributed by atoms with Gasteiger partial charge in [0.05, 0.1) is 39.9 Å². The Kier molecular flexibility index (Phi) is 10.2. The van der Waals surface area contributed by atoms with Crippen molar-refractivity contribution in [1.82, 2.24) is 29.5 Å². The number of aromatic nitrogens is 4. The quantitative estimate of drug-likeness (QED) is 0.172. The molecule has 0 bridgehead atoms. The summed E-state index contributed by atoms with van der Waals surface area (Å²) in [6.07, 6.45) is 3.83. The van der Waals surface area contributed by atoms with Crippen LogP contribution in [-0.2, 0) is 23.7 Å². The molecule has 5 aliphatic rings. The lowest BCUT2D eigenvalue weighted by Gasteiger charge is -2.40. The molecule has 1 unspecified atom stereocenters. The number of rotatable bonds is 8. The lowest BCUT2D eigenvalue weighted by atomic mass is 9.93. The molecular formula is C45H48F3N11O4. The Hall–Kier alpha value is -6.35. The summed E-state index contributed by atoms with van der Waals surface area (Å²) >= 11 is 0. The molecular weight excluding hydrogens is 816 g/mol. The van der Waals surface area contributed by atoms with Crippen LogP contribution in [0.15, 0.2) is 47.3 Å². The molecule has 4 fully saturated rings. The number of carbonyl (C=O) groups is 2. The number of anilines is 5. The van der Waals surface area contributed by atoms with E-state index in [0.717, 1.165) is 62.2 Å². The average molecular weight is 864 g/mol. The summed E-state index contributed by atoms with van der Waals surface area (Å²) in [7, 11) is 3.43. The van der Waals surface area contributed by atoms with Gasteiger partial charge in [-0.05, 0) is 86.4 Å². The predicted octanol–water partition coefficient (Wildman–Crippen LogP) is 5.35. The number of nitrogens with zero attached hydrogens (tertiary/aromatic N) is 8. The summed E-state index contributed by atoms with van der Waals surface area (Å²) in [4.78, 5) is 49.1. The second kappa shape index (κ2) is 15.8. The first kappa shape index (κ1) is 40.7. The van der Waals surface area contributed by atoms with E-state index in [1.165, 1.54) is 10.6 Å². The molecule has 63 heavy (non-hydrogen) atoms. The summed E-state index contributed by atoms with van der Waals surface area (Å²) in [5.41, 5.74) is 3.46. The first-order chi connectivity index (χ1) is 30.3. The highest BCUT2D eigenvalue weighted by molar-refractivity contribution is 6.03. The van der Waals surface area contributed by atoms with Gasteiger partial charge in [-0.3, -0.25) is 29.3 Å². The third-order valence-electron chi connectivity index (χ3n) is 13.6. The Morgan fingerprint density at radius 1 is 0.921 bits per heavy atom. The van der Waals surface area contributed by atoms with Crippen molar-refractivity contribution in [3.05, 3.63) is 69.9 Å². The van der Waals surface area contributed by atoms with Gasteiger partial charge in [0.1, 0.15) is 11.9 Å². The molecule has 1 aliphatic carbocycles. The maximum atomic E-state index is 15.6. The van der Waals surface area contributed by atoms with Crippen molar-refractivity contribution in [1.29, 1.82) is 5.26 Å². The van der Waals surface area contributed by atoms with Gasteiger partial charge in [-0.15, -0.1) is 0 Å². The molecule has 2 amide bonds. The molecule has 0 spiro atoms. The number of aryl methyl sites for hydroxylation is 2. The molecule has 4 aliphatic heterocycles. The fraction of sp³-hybridized carbons (Fsp3) is 0.467. The van der Waals surface area contributed by atoms with Gasteiger partial charge in [0.25, 0.3) is 5.56 Å². The molecule has 3 saturated heterocycles. The number of nitriles is 1. The zero-order valence-corrected chi connectivity index (χ0v) is 35.1. The van der Waals surface area contributed by atoms with Gasteiger partial charge in [-0.1, -0.05) is 0 Å². The number of imide groups is 1. The van der Waals surface area contributed by atoms with Crippen LogP contribution in [0.25, 0.3) is 21.8 Å². The smallest absolute Gasteiger partial charge is 0.301 e. The van der Waals surface area contributed by atoms with Gasteiger partial charge in [-0.2, -0.15) is 10.4 Å². The fourth-order valence-electron chi connectivity index (χ4n) is 9.88. The highest BCUT2D eigenvalue weighted by Crippen LogP contribution is 2.46. The van der Waals surface area contributed by atoms with Crippen LogP contribution in [0.5, 0.6) is 5.75 Å². The Balaban J connectivity index is 0.788. The summed E-state index contributed by atoms with van der Waals surface area (Å²) < 4.78 is 54.6. The number of hydrogen-bond donors (Lipinski definition) is 3. The number of hydrogen-bond acceptors (Lipinski definition) is 12. The first-order valence-corrected chi connectivity index (χ1v) is 21.7. The number of nitrogens with one attached hydrogen (secondary N) is 3. The number of amides is 2. The number of pyridine rings is 2. The first-order valence-electron chi connectivity index (χ1n) is 21.7. The van der Waals surface area contributed by atoms with Crippen molar-refractivity contribution in [2.45, 2.75) is 56.4 Å². The molecule has 2 atom stereocenters. The highest BCUT2D eigenvalue weighted by atomic mass is 19.3. The second-order valence-corrected chi connectivity index (χ2v) is 17.7. The largest absolute Gasteiger partial charge is 0.480 e. The van der Waals surface area contributed by atoms with E-state index in [4.69, 9.17) is 9.84 Å². The molecule has 328 valence electrons. The molecule has 5 aromatic rings. The molecule has 3 aromatic heterocycles. The molecule has 18 heteroatoms. The van der Waals surface area contributed by atoms with E-state index in [2.05, 4.69) is 48.9 Å². The normalized spacial score (nSPS) is 22.0. The van der Waals surface area contributed by atoms with Gasteiger partial charge in [0.2, 0.25) is 17.6 Å².